The minimum absolute atomic E-state index is 0.0682. The van der Waals surface area contributed by atoms with Crippen LogP contribution in [0.1, 0.15) is 16.1 Å². The molecule has 0 radical (unpaired) electrons. The van der Waals surface area contributed by atoms with Crippen LogP contribution in [0.25, 0.3) is 11.0 Å². The van der Waals surface area contributed by atoms with Gasteiger partial charge in [-0.15, -0.1) is 6.42 Å². The summed E-state index contributed by atoms with van der Waals surface area (Å²) < 4.78 is 24.5. The number of halogens is 1. The number of aromatic nitrogens is 3. The molecule has 31 heavy (non-hydrogen) atoms. The first-order valence-corrected chi connectivity index (χ1v) is 9.09. The Morgan fingerprint density at radius 1 is 1.06 bits per heavy atom. The Hall–Kier alpha value is -4.51. The molecule has 1 amide bonds. The van der Waals surface area contributed by atoms with E-state index >= 15 is 0 Å². The second kappa shape index (κ2) is 8.47. The number of pyridine rings is 1. The van der Waals surface area contributed by atoms with E-state index in [1.807, 2.05) is 0 Å². The molecule has 152 valence electrons. The molecular weight excluding hydrogens is 399 g/mol. The van der Waals surface area contributed by atoms with Crippen molar-refractivity contribution >= 4 is 22.8 Å². The van der Waals surface area contributed by atoms with Crippen molar-refractivity contribution in [3.8, 4) is 29.7 Å². The second-order valence-corrected chi connectivity index (χ2v) is 6.29. The summed E-state index contributed by atoms with van der Waals surface area (Å²) in [5.74, 6) is 1.91. The molecular formula is C23H15FN4O3. The van der Waals surface area contributed by atoms with Crippen molar-refractivity contribution < 1.29 is 18.7 Å². The molecule has 0 spiro atoms. The van der Waals surface area contributed by atoms with E-state index in [2.05, 4.69) is 26.2 Å². The summed E-state index contributed by atoms with van der Waals surface area (Å²) in [6, 6.07) is 14.0. The third-order valence-corrected chi connectivity index (χ3v) is 4.26. The first-order chi connectivity index (χ1) is 15.1. The molecule has 2 heterocycles. The SMILES string of the molecule is C#Cc1ccc(NC(=O)c2nc3ccccc3nc2Oc2ccc(F)cc2OC)nc1. The van der Waals surface area contributed by atoms with E-state index in [0.717, 1.165) is 0 Å². The van der Waals surface area contributed by atoms with Crippen molar-refractivity contribution in [3.63, 3.8) is 0 Å². The number of carbonyl (C=O) groups excluding carboxylic acids is 1. The lowest BCUT2D eigenvalue weighted by Crippen LogP contribution is -2.16. The van der Waals surface area contributed by atoms with Crippen LogP contribution in [-0.2, 0) is 0 Å². The van der Waals surface area contributed by atoms with Gasteiger partial charge in [-0.25, -0.2) is 19.3 Å². The summed E-state index contributed by atoms with van der Waals surface area (Å²) in [6.45, 7) is 0. The van der Waals surface area contributed by atoms with Gasteiger partial charge in [-0.05, 0) is 36.4 Å². The number of anilines is 1. The summed E-state index contributed by atoms with van der Waals surface area (Å²) in [5, 5.41) is 2.65. The molecule has 2 aromatic carbocycles. The van der Waals surface area contributed by atoms with Gasteiger partial charge in [0.25, 0.3) is 11.8 Å². The molecule has 0 saturated carbocycles. The molecule has 1 N–H and O–H groups in total. The van der Waals surface area contributed by atoms with Gasteiger partial charge in [-0.3, -0.25) is 4.79 Å². The molecule has 4 rings (SSSR count). The number of terminal acetylenes is 1. The van der Waals surface area contributed by atoms with Crippen LogP contribution < -0.4 is 14.8 Å². The molecule has 4 aromatic rings. The van der Waals surface area contributed by atoms with Crippen LogP contribution in [0.15, 0.2) is 60.8 Å². The van der Waals surface area contributed by atoms with E-state index < -0.39 is 11.7 Å². The molecule has 0 fully saturated rings. The van der Waals surface area contributed by atoms with Gasteiger partial charge in [0.05, 0.1) is 18.1 Å². The average molecular weight is 414 g/mol. The third-order valence-electron chi connectivity index (χ3n) is 4.26. The van der Waals surface area contributed by atoms with Crippen molar-refractivity contribution in [1.29, 1.82) is 0 Å². The minimum Gasteiger partial charge on any atom is -0.493 e. The fourth-order valence-corrected chi connectivity index (χ4v) is 2.76. The van der Waals surface area contributed by atoms with E-state index in [9.17, 15) is 9.18 Å². The van der Waals surface area contributed by atoms with Crippen LogP contribution >= 0.6 is 0 Å². The number of rotatable bonds is 5. The Bertz CT molecular complexity index is 1320. The van der Waals surface area contributed by atoms with Gasteiger partial charge in [0.15, 0.2) is 17.2 Å². The molecule has 0 aliphatic heterocycles. The van der Waals surface area contributed by atoms with Gasteiger partial charge in [-0.1, -0.05) is 18.1 Å². The lowest BCUT2D eigenvalue weighted by atomic mass is 10.2. The fraction of sp³-hybridized carbons (Fsp3) is 0.0435. The lowest BCUT2D eigenvalue weighted by Gasteiger charge is -2.13. The van der Waals surface area contributed by atoms with E-state index in [-0.39, 0.29) is 28.9 Å². The van der Waals surface area contributed by atoms with Crippen molar-refractivity contribution in [3.05, 3.63) is 77.9 Å². The molecule has 0 bridgehead atoms. The number of nitrogens with zero attached hydrogens (tertiary/aromatic N) is 3. The smallest absolute Gasteiger partial charge is 0.281 e. The number of benzene rings is 2. The fourth-order valence-electron chi connectivity index (χ4n) is 2.76. The van der Waals surface area contributed by atoms with Gasteiger partial charge in [0.1, 0.15) is 11.6 Å². The van der Waals surface area contributed by atoms with Crippen LogP contribution in [0, 0.1) is 18.2 Å². The number of fused-ring (bicyclic) bond motifs is 1. The first-order valence-electron chi connectivity index (χ1n) is 9.09. The first kappa shape index (κ1) is 19.8. The van der Waals surface area contributed by atoms with E-state index in [1.165, 1.54) is 31.5 Å². The quantitative estimate of drug-likeness (QED) is 0.493. The number of hydrogen-bond acceptors (Lipinski definition) is 6. The number of ether oxygens (including phenoxy) is 2. The zero-order valence-electron chi connectivity index (χ0n) is 16.3. The summed E-state index contributed by atoms with van der Waals surface area (Å²) in [4.78, 5) is 25.9. The van der Waals surface area contributed by atoms with Gasteiger partial charge in [0, 0.05) is 17.8 Å². The largest absolute Gasteiger partial charge is 0.493 e. The van der Waals surface area contributed by atoms with Crippen molar-refractivity contribution in [2.75, 3.05) is 12.4 Å². The maximum Gasteiger partial charge on any atom is 0.281 e. The van der Waals surface area contributed by atoms with Gasteiger partial charge < -0.3 is 14.8 Å². The number of methoxy groups -OCH3 is 1. The van der Waals surface area contributed by atoms with Crippen LogP contribution in [-0.4, -0.2) is 28.0 Å². The number of hydrogen-bond donors (Lipinski definition) is 1. The molecule has 0 atom stereocenters. The van der Waals surface area contributed by atoms with E-state index in [0.29, 0.717) is 16.6 Å². The van der Waals surface area contributed by atoms with Gasteiger partial charge in [0.2, 0.25) is 0 Å². The standard InChI is InChI=1S/C23H15FN4O3/c1-3-14-8-11-20(25-13-14)28-22(29)21-23(27-17-7-5-4-6-16(17)26-21)31-18-10-9-15(24)12-19(18)30-2/h1,4-13H,2H3,(H,25,28,29). The Labute approximate surface area is 176 Å². The summed E-state index contributed by atoms with van der Waals surface area (Å²) in [5.41, 5.74) is 1.53. The Morgan fingerprint density at radius 3 is 2.52 bits per heavy atom. The highest BCUT2D eigenvalue weighted by molar-refractivity contribution is 6.05. The highest BCUT2D eigenvalue weighted by atomic mass is 19.1. The molecule has 2 aromatic heterocycles. The van der Waals surface area contributed by atoms with E-state index in [4.69, 9.17) is 15.9 Å². The molecule has 8 heteroatoms. The summed E-state index contributed by atoms with van der Waals surface area (Å²) >= 11 is 0. The zero-order chi connectivity index (χ0) is 21.8. The molecule has 0 aliphatic rings. The van der Waals surface area contributed by atoms with Crippen molar-refractivity contribution in [1.82, 2.24) is 15.0 Å². The predicted octanol–water partition coefficient (Wildman–Crippen LogP) is 4.20. The van der Waals surface area contributed by atoms with Crippen molar-refractivity contribution in [2.24, 2.45) is 0 Å². The molecule has 7 nitrogen and oxygen atoms in total. The monoisotopic (exact) mass is 414 g/mol. The third kappa shape index (κ3) is 4.26. The topological polar surface area (TPSA) is 86.2 Å². The Balaban J connectivity index is 1.74. The maximum atomic E-state index is 13.5. The highest BCUT2D eigenvalue weighted by Crippen LogP contribution is 2.33. The zero-order valence-corrected chi connectivity index (χ0v) is 16.3. The molecule has 0 saturated heterocycles. The van der Waals surface area contributed by atoms with Gasteiger partial charge >= 0.3 is 0 Å². The van der Waals surface area contributed by atoms with Crippen LogP contribution in [0.3, 0.4) is 0 Å². The van der Waals surface area contributed by atoms with Gasteiger partial charge in [-0.2, -0.15) is 0 Å². The number of amides is 1. The Kier molecular flexibility index (Phi) is 5.41. The Morgan fingerprint density at radius 2 is 1.84 bits per heavy atom. The summed E-state index contributed by atoms with van der Waals surface area (Å²) in [7, 11) is 1.38. The van der Waals surface area contributed by atoms with E-state index in [1.54, 1.807) is 36.4 Å². The van der Waals surface area contributed by atoms with Crippen LogP contribution in [0.5, 0.6) is 17.4 Å². The molecule has 0 unspecified atom stereocenters. The average Bonchev–Trinajstić information content (AvgIpc) is 2.80. The summed E-state index contributed by atoms with van der Waals surface area (Å²) in [6.07, 6.45) is 6.79. The molecule has 0 aliphatic carbocycles. The van der Waals surface area contributed by atoms with Crippen molar-refractivity contribution in [2.45, 2.75) is 0 Å². The predicted molar refractivity (Wildman–Crippen MR) is 113 cm³/mol. The maximum absolute atomic E-state index is 13.5. The van der Waals surface area contributed by atoms with Crippen LogP contribution in [0.2, 0.25) is 0 Å². The second-order valence-electron chi connectivity index (χ2n) is 6.29. The highest BCUT2D eigenvalue weighted by Gasteiger charge is 2.20. The normalized spacial score (nSPS) is 10.4. The lowest BCUT2D eigenvalue weighted by molar-refractivity contribution is 0.101. The number of carbonyl (C=O) groups is 1. The number of nitrogens with one attached hydrogen (secondary N) is 1. The number of para-hydroxylation sites is 2. The minimum atomic E-state index is -0.588. The van der Waals surface area contributed by atoms with Crippen LogP contribution in [0.4, 0.5) is 10.2 Å².